The summed E-state index contributed by atoms with van der Waals surface area (Å²) in [7, 11) is 5.68. The van der Waals surface area contributed by atoms with E-state index in [9.17, 15) is 0 Å². The predicted molar refractivity (Wildman–Crippen MR) is 39.5 cm³/mol. The number of guanidine groups is 1. The fraction of sp³-hybridized carbons (Fsp3) is 0.750. The Morgan fingerprint density at radius 2 is 2.00 bits per heavy atom. The van der Waals surface area contributed by atoms with Crippen molar-refractivity contribution < 1.29 is 10.0 Å². The van der Waals surface area contributed by atoms with E-state index in [4.69, 9.17) is 5.84 Å². The molecule has 5 heteroatoms. The second-order valence-corrected chi connectivity index (χ2v) is 1.70. The molecule has 0 saturated carbocycles. The molecule has 0 aromatic carbocycles. The van der Waals surface area contributed by atoms with Gasteiger partial charge in [-0.15, -0.1) is 12.4 Å². The van der Waals surface area contributed by atoms with E-state index >= 15 is 0 Å². The normalized spacial score (nSPS) is 7.56. The first-order chi connectivity index (χ1) is 3.72. The van der Waals surface area contributed by atoms with Gasteiger partial charge < -0.3 is 0 Å². The average Bonchev–Trinajstić information content (AvgIpc) is 1.69. The van der Waals surface area contributed by atoms with Crippen LogP contribution in [-0.2, 0) is 0 Å². The quantitative estimate of drug-likeness (QED) is 0.121. The third kappa shape index (κ3) is 4.20. The van der Waals surface area contributed by atoms with Crippen molar-refractivity contribution in [1.29, 1.82) is 0 Å². The second kappa shape index (κ2) is 5.81. The summed E-state index contributed by atoms with van der Waals surface area (Å²) in [6, 6.07) is 0. The molecule has 0 aliphatic carbocycles. The van der Waals surface area contributed by atoms with E-state index in [1.54, 1.807) is 0 Å². The van der Waals surface area contributed by atoms with Crippen LogP contribution in [-0.4, -0.2) is 31.7 Å². The van der Waals surface area contributed by atoms with Crippen LogP contribution in [0.5, 0.6) is 0 Å². The summed E-state index contributed by atoms with van der Waals surface area (Å²) >= 11 is 0. The fourth-order valence-electron chi connectivity index (χ4n) is 0.456. The zero-order valence-corrected chi connectivity index (χ0v) is 6.83. The number of rotatable bonds is 0. The standard InChI is InChI=1S/C4H12N4.ClH/c1-6-4(7-5)8(2)3;/h5H2,1-3H3,(H,6,7);1H/p+2. The Hall–Kier alpha value is -0.320. The van der Waals surface area contributed by atoms with Gasteiger partial charge in [0.25, 0.3) is 0 Å². The van der Waals surface area contributed by atoms with Gasteiger partial charge >= 0.3 is 5.96 Å². The number of nitrogens with zero attached hydrogens (tertiary/aromatic N) is 1. The molecule has 0 radical (unpaired) electrons. The number of quaternary nitrogens is 1. The van der Waals surface area contributed by atoms with E-state index in [-0.39, 0.29) is 12.4 Å². The van der Waals surface area contributed by atoms with Crippen LogP contribution in [0, 0.1) is 0 Å². The first-order valence-corrected chi connectivity index (χ1v) is 2.49. The Morgan fingerprint density at radius 1 is 1.56 bits per heavy atom. The van der Waals surface area contributed by atoms with Gasteiger partial charge in [-0.2, -0.15) is 11.3 Å². The van der Waals surface area contributed by atoms with Crippen molar-refractivity contribution in [2.75, 3.05) is 21.1 Å². The van der Waals surface area contributed by atoms with Gasteiger partial charge in [-0.1, -0.05) is 0 Å². The van der Waals surface area contributed by atoms with Gasteiger partial charge in [-0.3, -0.25) is 0 Å². The fourth-order valence-corrected chi connectivity index (χ4v) is 0.456. The smallest absolute Gasteiger partial charge is 0.227 e. The second-order valence-electron chi connectivity index (χ2n) is 1.70. The molecule has 0 heterocycles. The summed E-state index contributed by atoms with van der Waals surface area (Å²) in [5, 5.41) is 2.91. The minimum atomic E-state index is 0. The zero-order chi connectivity index (χ0) is 6.57. The van der Waals surface area contributed by atoms with Gasteiger partial charge in [-0.25, -0.2) is 9.89 Å². The molecule has 9 heavy (non-hydrogen) atoms. The maximum absolute atomic E-state index is 5.22. The van der Waals surface area contributed by atoms with Crippen molar-refractivity contribution >= 4 is 18.4 Å². The minimum Gasteiger partial charge on any atom is -0.227 e. The average molecular weight is 155 g/mol. The molecule has 0 fully saturated rings. The van der Waals surface area contributed by atoms with E-state index in [1.165, 1.54) is 5.43 Å². The minimum absolute atomic E-state index is 0. The molecule has 0 aliphatic rings. The van der Waals surface area contributed by atoms with Crippen molar-refractivity contribution in [2.45, 2.75) is 0 Å². The van der Waals surface area contributed by atoms with Crippen LogP contribution < -0.4 is 16.6 Å². The molecule has 0 amide bonds. The van der Waals surface area contributed by atoms with Gasteiger partial charge in [0.05, 0.1) is 21.1 Å². The highest BCUT2D eigenvalue weighted by Gasteiger charge is 2.03. The van der Waals surface area contributed by atoms with Crippen LogP contribution in [0.4, 0.5) is 0 Å². The third-order valence-corrected chi connectivity index (χ3v) is 0.896. The molecular formula is C4H15ClN4+2. The molecule has 5 N–H and O–H groups in total. The first-order valence-electron chi connectivity index (χ1n) is 2.49. The highest BCUT2D eigenvalue weighted by atomic mass is 35.5. The Bertz CT molecular complexity index is 90.7. The topological polar surface area (TPSA) is 57.7 Å². The molecule has 56 valence electrons. The largest absolute Gasteiger partial charge is 0.459 e. The number of hydrogen-bond donors (Lipinski definition) is 3. The molecule has 0 saturated heterocycles. The zero-order valence-electron chi connectivity index (χ0n) is 6.01. The maximum Gasteiger partial charge on any atom is 0.459 e. The Kier molecular flexibility index (Phi) is 7.41. The number of nitrogens with one attached hydrogen (secondary N) is 1. The number of nitrogens with two attached hydrogens (primary N) is 2. The van der Waals surface area contributed by atoms with Crippen molar-refractivity contribution in [2.24, 2.45) is 5.84 Å². The summed E-state index contributed by atoms with van der Waals surface area (Å²) in [4.78, 5) is 0. The van der Waals surface area contributed by atoms with Crippen molar-refractivity contribution in [3.05, 3.63) is 0 Å². The van der Waals surface area contributed by atoms with Gasteiger partial charge in [0.2, 0.25) is 0 Å². The summed E-state index contributed by atoms with van der Waals surface area (Å²) in [6.07, 6.45) is 0. The molecule has 0 rings (SSSR count). The monoisotopic (exact) mass is 154 g/mol. The van der Waals surface area contributed by atoms with Gasteiger partial charge in [-0.05, 0) is 0 Å². The molecule has 0 spiro atoms. The maximum atomic E-state index is 5.22. The van der Waals surface area contributed by atoms with E-state index in [1.807, 2.05) is 25.7 Å². The number of hydrogen-bond acceptors (Lipinski definition) is 1. The molecule has 0 aromatic heterocycles. The summed E-state index contributed by atoms with van der Waals surface area (Å²) < 4.78 is 1.90. The lowest BCUT2D eigenvalue weighted by atomic mass is 10.9. The molecule has 0 bridgehead atoms. The summed E-state index contributed by atoms with van der Waals surface area (Å²) in [6.45, 7) is 0. The van der Waals surface area contributed by atoms with Crippen LogP contribution in [0.2, 0.25) is 0 Å². The molecule has 0 aliphatic heterocycles. The Balaban J connectivity index is 0. The molecule has 0 aromatic rings. The van der Waals surface area contributed by atoms with Crippen LogP contribution in [0.1, 0.15) is 0 Å². The number of halogens is 1. The SMILES string of the molecule is CNC([NH2+]N)=[N+](C)C.Cl. The Morgan fingerprint density at radius 3 is 2.00 bits per heavy atom. The van der Waals surface area contributed by atoms with E-state index in [2.05, 4.69) is 5.32 Å². The van der Waals surface area contributed by atoms with Crippen molar-refractivity contribution in [1.82, 2.24) is 5.32 Å². The first kappa shape index (κ1) is 11.5. The van der Waals surface area contributed by atoms with Gasteiger partial charge in [0, 0.05) is 0 Å². The highest BCUT2D eigenvalue weighted by Crippen LogP contribution is 1.48. The highest BCUT2D eigenvalue weighted by molar-refractivity contribution is 5.85. The van der Waals surface area contributed by atoms with Crippen LogP contribution in [0.25, 0.3) is 0 Å². The van der Waals surface area contributed by atoms with E-state index in [0.29, 0.717) is 0 Å². The molecule has 4 nitrogen and oxygen atoms in total. The van der Waals surface area contributed by atoms with Gasteiger partial charge in [0.15, 0.2) is 0 Å². The van der Waals surface area contributed by atoms with Crippen LogP contribution >= 0.6 is 12.4 Å². The van der Waals surface area contributed by atoms with Gasteiger partial charge in [0.1, 0.15) is 0 Å². The van der Waals surface area contributed by atoms with Crippen molar-refractivity contribution in [3.8, 4) is 0 Å². The summed E-state index contributed by atoms with van der Waals surface area (Å²) in [5.41, 5.74) is 1.53. The summed E-state index contributed by atoms with van der Waals surface area (Å²) in [5.74, 6) is 6.14. The van der Waals surface area contributed by atoms with Crippen LogP contribution in [0.3, 0.4) is 0 Å². The lowest BCUT2D eigenvalue weighted by Crippen LogP contribution is -2.98. The lowest BCUT2D eigenvalue weighted by Gasteiger charge is -1.92. The van der Waals surface area contributed by atoms with Crippen molar-refractivity contribution in [3.63, 3.8) is 0 Å². The lowest BCUT2D eigenvalue weighted by molar-refractivity contribution is -0.627. The van der Waals surface area contributed by atoms with E-state index in [0.717, 1.165) is 5.96 Å². The molecule has 0 atom stereocenters. The van der Waals surface area contributed by atoms with E-state index < -0.39 is 0 Å². The molecule has 0 unspecified atom stereocenters. The third-order valence-electron chi connectivity index (χ3n) is 0.896. The molecular weight excluding hydrogens is 140 g/mol. The van der Waals surface area contributed by atoms with Crippen LogP contribution in [0.15, 0.2) is 0 Å². The Labute approximate surface area is 61.5 Å². The predicted octanol–water partition coefficient (Wildman–Crippen LogP) is -2.31.